The number of nitrogens with two attached hydrogens (primary N) is 2. The molecule has 33 heavy (non-hydrogen) atoms. The third kappa shape index (κ3) is 12.1. The minimum absolute atomic E-state index is 0.309. The highest BCUT2D eigenvalue weighted by Crippen LogP contribution is 2.06. The van der Waals surface area contributed by atoms with Crippen molar-refractivity contribution in [3.63, 3.8) is 0 Å². The minimum Gasteiger partial charge on any atom is -0.481 e. The molecule has 0 aromatic rings. The first-order valence-corrected chi connectivity index (χ1v) is 11.6. The van der Waals surface area contributed by atoms with E-state index in [9.17, 15) is 33.9 Å². The number of hydrogen-bond acceptors (Lipinski definition) is 8. The molecule has 9 N–H and O–H groups in total. The summed E-state index contributed by atoms with van der Waals surface area (Å²) in [6, 6.07) is -5.13. The van der Waals surface area contributed by atoms with Crippen LogP contribution in [0.3, 0.4) is 0 Å². The van der Waals surface area contributed by atoms with E-state index in [2.05, 4.69) is 16.0 Å². The summed E-state index contributed by atoms with van der Waals surface area (Å²) >= 11 is 1.47. The molecule has 0 saturated carbocycles. The Bertz CT molecular complexity index is 733. The molecule has 14 heteroatoms. The highest BCUT2D eigenvalue weighted by molar-refractivity contribution is 7.98. The predicted molar refractivity (Wildman–Crippen MR) is 120 cm³/mol. The van der Waals surface area contributed by atoms with E-state index in [1.54, 1.807) is 13.8 Å². The van der Waals surface area contributed by atoms with Crippen LogP contribution in [-0.4, -0.2) is 82.0 Å². The summed E-state index contributed by atoms with van der Waals surface area (Å²) in [5.74, 6) is -5.99. The largest absolute Gasteiger partial charge is 0.481 e. The van der Waals surface area contributed by atoms with Crippen molar-refractivity contribution in [1.29, 1.82) is 0 Å². The van der Waals surface area contributed by atoms with Crippen LogP contribution in [0.1, 0.15) is 39.5 Å². The molecule has 0 aromatic carbocycles. The topological polar surface area (TPSA) is 231 Å². The van der Waals surface area contributed by atoms with Gasteiger partial charge in [-0.05, 0) is 30.8 Å². The Morgan fingerprint density at radius 3 is 1.88 bits per heavy atom. The van der Waals surface area contributed by atoms with Crippen LogP contribution in [0.25, 0.3) is 0 Å². The lowest BCUT2D eigenvalue weighted by Crippen LogP contribution is -2.58. The Morgan fingerprint density at radius 2 is 1.42 bits per heavy atom. The Balaban J connectivity index is 5.53. The number of primary amides is 1. The van der Waals surface area contributed by atoms with Crippen molar-refractivity contribution < 1.29 is 39.0 Å². The molecule has 0 saturated heterocycles. The van der Waals surface area contributed by atoms with E-state index in [-0.39, 0.29) is 6.42 Å². The molecule has 188 valence electrons. The second-order valence-electron chi connectivity index (χ2n) is 7.68. The van der Waals surface area contributed by atoms with Gasteiger partial charge in [0.05, 0.1) is 12.5 Å². The van der Waals surface area contributed by atoms with Crippen molar-refractivity contribution in [2.24, 2.45) is 17.4 Å². The average molecular weight is 492 g/mol. The molecule has 0 radical (unpaired) electrons. The number of rotatable bonds is 16. The van der Waals surface area contributed by atoms with E-state index in [1.165, 1.54) is 11.8 Å². The van der Waals surface area contributed by atoms with E-state index in [4.69, 9.17) is 16.6 Å². The summed E-state index contributed by atoms with van der Waals surface area (Å²) in [5, 5.41) is 25.0. The fraction of sp³-hybridized carbons (Fsp3) is 0.684. The normalized spacial score (nSPS) is 14.5. The van der Waals surface area contributed by atoms with Crippen LogP contribution in [0, 0.1) is 5.92 Å². The first-order valence-electron chi connectivity index (χ1n) is 10.2. The summed E-state index contributed by atoms with van der Waals surface area (Å²) < 4.78 is 0. The number of hydrogen-bond donors (Lipinski definition) is 7. The molecule has 13 nitrogen and oxygen atoms in total. The number of carbonyl (C=O) groups excluding carboxylic acids is 4. The van der Waals surface area contributed by atoms with Crippen LogP contribution < -0.4 is 27.4 Å². The lowest BCUT2D eigenvalue weighted by atomic mass is 10.0. The van der Waals surface area contributed by atoms with Gasteiger partial charge in [-0.2, -0.15) is 11.8 Å². The molecular formula is C19H33N5O8S. The molecule has 0 bridgehead atoms. The first kappa shape index (κ1) is 30.1. The highest BCUT2D eigenvalue weighted by atomic mass is 32.2. The molecule has 0 rings (SSSR count). The zero-order chi connectivity index (χ0) is 25.7. The van der Waals surface area contributed by atoms with Crippen molar-refractivity contribution in [2.75, 3.05) is 12.0 Å². The fourth-order valence-electron chi connectivity index (χ4n) is 2.64. The molecule has 4 atom stereocenters. The van der Waals surface area contributed by atoms with E-state index >= 15 is 0 Å². The number of carboxylic acids is 2. The lowest BCUT2D eigenvalue weighted by Gasteiger charge is -2.25. The fourth-order valence-corrected chi connectivity index (χ4v) is 3.13. The number of carboxylic acid groups (broad SMARTS) is 2. The van der Waals surface area contributed by atoms with Gasteiger partial charge in [0, 0.05) is 6.42 Å². The van der Waals surface area contributed by atoms with Gasteiger partial charge in [0.25, 0.3) is 0 Å². The van der Waals surface area contributed by atoms with Crippen LogP contribution in [0.5, 0.6) is 0 Å². The summed E-state index contributed by atoms with van der Waals surface area (Å²) in [4.78, 5) is 71.4. The maximum absolute atomic E-state index is 12.8. The molecule has 4 unspecified atom stereocenters. The number of carbonyl (C=O) groups is 6. The first-order chi connectivity index (χ1) is 15.3. The maximum Gasteiger partial charge on any atom is 0.326 e. The minimum atomic E-state index is -1.54. The molecule has 0 aromatic heterocycles. The van der Waals surface area contributed by atoms with Crippen molar-refractivity contribution in [3.05, 3.63) is 0 Å². The van der Waals surface area contributed by atoms with E-state index in [0.29, 0.717) is 12.2 Å². The summed E-state index contributed by atoms with van der Waals surface area (Å²) in [6.07, 6.45) is 0.718. The van der Waals surface area contributed by atoms with Crippen molar-refractivity contribution in [2.45, 2.75) is 63.7 Å². The maximum atomic E-state index is 12.8. The monoisotopic (exact) mass is 491 g/mol. The smallest absolute Gasteiger partial charge is 0.326 e. The average Bonchev–Trinajstić information content (AvgIpc) is 2.70. The molecule has 0 aliphatic heterocycles. The molecule has 0 aliphatic rings. The molecule has 4 amide bonds. The second-order valence-corrected chi connectivity index (χ2v) is 8.67. The summed E-state index contributed by atoms with van der Waals surface area (Å²) in [7, 11) is 0. The van der Waals surface area contributed by atoms with Crippen molar-refractivity contribution >= 4 is 47.3 Å². The van der Waals surface area contributed by atoms with Crippen molar-refractivity contribution in [3.8, 4) is 0 Å². The van der Waals surface area contributed by atoms with E-state index in [0.717, 1.165) is 0 Å². The number of aliphatic carboxylic acids is 2. The number of nitrogens with one attached hydrogen (secondary N) is 3. The van der Waals surface area contributed by atoms with Gasteiger partial charge in [0.15, 0.2) is 0 Å². The van der Waals surface area contributed by atoms with Gasteiger partial charge < -0.3 is 37.6 Å². The molecule has 0 aliphatic carbocycles. The van der Waals surface area contributed by atoms with E-state index < -0.39 is 78.5 Å². The second kappa shape index (κ2) is 15.1. The quantitative estimate of drug-likeness (QED) is 0.125. The highest BCUT2D eigenvalue weighted by Gasteiger charge is 2.32. The molecule has 0 heterocycles. The van der Waals surface area contributed by atoms with Gasteiger partial charge in [-0.25, -0.2) is 4.79 Å². The van der Waals surface area contributed by atoms with Gasteiger partial charge in [-0.15, -0.1) is 0 Å². The van der Waals surface area contributed by atoms with Crippen LogP contribution in [0.15, 0.2) is 0 Å². The van der Waals surface area contributed by atoms with E-state index in [1.807, 2.05) is 6.26 Å². The van der Waals surface area contributed by atoms with Gasteiger partial charge in [0.2, 0.25) is 23.6 Å². The zero-order valence-corrected chi connectivity index (χ0v) is 19.6. The van der Waals surface area contributed by atoms with Crippen LogP contribution in [0.2, 0.25) is 0 Å². The van der Waals surface area contributed by atoms with Gasteiger partial charge in [-0.3, -0.25) is 24.0 Å². The Morgan fingerprint density at radius 1 is 0.879 bits per heavy atom. The standard InChI is InChI=1S/C19H33N5O8S/c1-9(2)15(19(31)32)24-18(30)12(8-13(21)25)23-17(29)11(4-5-14(26)27)22-16(28)10(20)6-7-33-3/h9-12,15H,4-8,20H2,1-3H3,(H2,21,25)(H,22,28)(H,23,29)(H,24,30)(H,26,27)(H,31,32). The van der Waals surface area contributed by atoms with Crippen LogP contribution in [0.4, 0.5) is 0 Å². The van der Waals surface area contributed by atoms with Crippen molar-refractivity contribution in [1.82, 2.24) is 16.0 Å². The van der Waals surface area contributed by atoms with Gasteiger partial charge in [-0.1, -0.05) is 13.8 Å². The van der Waals surface area contributed by atoms with Crippen LogP contribution in [-0.2, 0) is 28.8 Å². The molecule has 0 spiro atoms. The van der Waals surface area contributed by atoms with Gasteiger partial charge >= 0.3 is 11.9 Å². The third-order valence-corrected chi connectivity index (χ3v) is 5.16. The molecule has 0 fully saturated rings. The lowest BCUT2D eigenvalue weighted by molar-refractivity contribution is -0.143. The SMILES string of the molecule is CSCCC(N)C(=O)NC(CCC(=O)O)C(=O)NC(CC(N)=O)C(=O)NC(C(=O)O)C(C)C. The summed E-state index contributed by atoms with van der Waals surface area (Å²) in [6.45, 7) is 3.11. The Labute approximate surface area is 195 Å². The number of amides is 4. The molecular weight excluding hydrogens is 458 g/mol. The Hall–Kier alpha value is -2.87. The van der Waals surface area contributed by atoms with Gasteiger partial charge in [0.1, 0.15) is 18.1 Å². The zero-order valence-electron chi connectivity index (χ0n) is 18.8. The number of thioether (sulfide) groups is 1. The summed E-state index contributed by atoms with van der Waals surface area (Å²) in [5.41, 5.74) is 10.9. The third-order valence-electron chi connectivity index (χ3n) is 4.52. The predicted octanol–water partition coefficient (Wildman–Crippen LogP) is -2.00. The van der Waals surface area contributed by atoms with Crippen LogP contribution >= 0.6 is 11.8 Å². The Kier molecular flexibility index (Phi) is 13.7.